The highest BCUT2D eigenvalue weighted by molar-refractivity contribution is 8.14. The van der Waals surface area contributed by atoms with Gasteiger partial charge in [0.05, 0.1) is 6.61 Å². The molecule has 0 aliphatic heterocycles. The zero-order chi connectivity index (χ0) is 8.20. The first-order chi connectivity index (χ1) is 4.45. The molecule has 1 N–H and O–H groups in total. The molecule has 0 bridgehead atoms. The molecule has 0 aromatic rings. The normalized spacial score (nSPS) is 11.6. The molecule has 0 unspecified atom stereocenters. The second-order valence-corrected chi connectivity index (χ2v) is 4.94. The van der Waals surface area contributed by atoms with E-state index < -0.39 is 0 Å². The van der Waals surface area contributed by atoms with Crippen LogP contribution >= 0.6 is 11.8 Å². The van der Waals surface area contributed by atoms with Crippen LogP contribution in [0, 0.1) is 0 Å². The molecule has 0 spiro atoms. The van der Waals surface area contributed by atoms with Gasteiger partial charge in [-0.25, -0.2) is 0 Å². The zero-order valence-corrected chi connectivity index (χ0v) is 7.49. The fraction of sp³-hybridized carbons (Fsp3) is 0.857. The summed E-state index contributed by atoms with van der Waals surface area (Å²) in [4.78, 5) is 10.9. The molecule has 0 saturated heterocycles. The molecular weight excluding hydrogens is 148 g/mol. The molecule has 0 aliphatic carbocycles. The van der Waals surface area contributed by atoms with Crippen molar-refractivity contribution in [3.05, 3.63) is 0 Å². The SMILES string of the molecule is CC(C)(C)SC(=O)CCO. The zero-order valence-electron chi connectivity index (χ0n) is 6.68. The number of rotatable bonds is 2. The number of hydrogen-bond acceptors (Lipinski definition) is 3. The van der Waals surface area contributed by atoms with Crippen molar-refractivity contribution in [3.63, 3.8) is 0 Å². The Morgan fingerprint density at radius 1 is 1.50 bits per heavy atom. The Bertz CT molecular complexity index is 115. The Labute approximate surface area is 66.0 Å². The summed E-state index contributed by atoms with van der Waals surface area (Å²) >= 11 is 1.28. The summed E-state index contributed by atoms with van der Waals surface area (Å²) in [7, 11) is 0. The summed E-state index contributed by atoms with van der Waals surface area (Å²) in [5.41, 5.74) is 0. The van der Waals surface area contributed by atoms with Crippen LogP contribution in [0.1, 0.15) is 27.2 Å². The van der Waals surface area contributed by atoms with Gasteiger partial charge in [0.15, 0.2) is 5.12 Å². The van der Waals surface area contributed by atoms with Crippen LogP contribution in [0.2, 0.25) is 0 Å². The quantitative estimate of drug-likeness (QED) is 0.667. The molecule has 0 saturated carbocycles. The molecule has 0 atom stereocenters. The van der Waals surface area contributed by atoms with E-state index in [9.17, 15) is 4.79 Å². The summed E-state index contributed by atoms with van der Waals surface area (Å²) in [5.74, 6) is 0. The van der Waals surface area contributed by atoms with Crippen molar-refractivity contribution in [1.29, 1.82) is 0 Å². The third-order valence-electron chi connectivity index (χ3n) is 0.736. The maximum Gasteiger partial charge on any atom is 0.191 e. The van der Waals surface area contributed by atoms with Gasteiger partial charge in [-0.3, -0.25) is 4.79 Å². The monoisotopic (exact) mass is 162 g/mol. The summed E-state index contributed by atoms with van der Waals surface area (Å²) in [5, 5.41) is 8.46. The highest BCUT2D eigenvalue weighted by atomic mass is 32.2. The van der Waals surface area contributed by atoms with E-state index in [0.717, 1.165) is 0 Å². The second-order valence-electron chi connectivity index (χ2n) is 3.06. The molecule has 0 radical (unpaired) electrons. The Morgan fingerprint density at radius 2 is 2.00 bits per heavy atom. The van der Waals surface area contributed by atoms with Crippen molar-refractivity contribution in [2.45, 2.75) is 31.9 Å². The minimum absolute atomic E-state index is 0.0216. The Hall–Kier alpha value is -0.0200. The third-order valence-corrected chi connectivity index (χ3v) is 1.78. The average molecular weight is 162 g/mol. The topological polar surface area (TPSA) is 37.3 Å². The molecule has 3 heteroatoms. The van der Waals surface area contributed by atoms with Gasteiger partial charge < -0.3 is 5.11 Å². The van der Waals surface area contributed by atoms with E-state index in [2.05, 4.69) is 0 Å². The number of hydrogen-bond donors (Lipinski definition) is 1. The van der Waals surface area contributed by atoms with Crippen molar-refractivity contribution in [3.8, 4) is 0 Å². The second kappa shape index (κ2) is 3.98. The first-order valence-electron chi connectivity index (χ1n) is 3.28. The van der Waals surface area contributed by atoms with E-state index >= 15 is 0 Å². The first-order valence-corrected chi connectivity index (χ1v) is 4.10. The molecule has 0 aromatic heterocycles. The van der Waals surface area contributed by atoms with Crippen LogP contribution in [0.5, 0.6) is 0 Å². The van der Waals surface area contributed by atoms with E-state index in [0.29, 0.717) is 0 Å². The largest absolute Gasteiger partial charge is 0.396 e. The fourth-order valence-corrected chi connectivity index (χ4v) is 1.36. The molecule has 0 fully saturated rings. The number of carbonyl (C=O) groups is 1. The lowest BCUT2D eigenvalue weighted by Crippen LogP contribution is -2.12. The highest BCUT2D eigenvalue weighted by Crippen LogP contribution is 2.24. The molecule has 2 nitrogen and oxygen atoms in total. The van der Waals surface area contributed by atoms with Crippen LogP contribution < -0.4 is 0 Å². The molecule has 0 rings (SSSR count). The average Bonchev–Trinajstić information content (AvgIpc) is 1.59. The van der Waals surface area contributed by atoms with Crippen molar-refractivity contribution in [2.75, 3.05) is 6.61 Å². The molecule has 60 valence electrons. The van der Waals surface area contributed by atoms with Crippen molar-refractivity contribution < 1.29 is 9.90 Å². The predicted molar refractivity (Wildman–Crippen MR) is 44.1 cm³/mol. The van der Waals surface area contributed by atoms with Gasteiger partial charge in [-0.15, -0.1) is 0 Å². The van der Waals surface area contributed by atoms with Crippen molar-refractivity contribution in [2.24, 2.45) is 0 Å². The Balaban J connectivity index is 3.58. The Morgan fingerprint density at radius 3 is 2.30 bits per heavy atom. The van der Waals surface area contributed by atoms with Crippen LogP contribution in [0.3, 0.4) is 0 Å². The summed E-state index contributed by atoms with van der Waals surface area (Å²) < 4.78 is -0.0216. The van der Waals surface area contributed by atoms with Crippen LogP contribution in [-0.4, -0.2) is 21.6 Å². The highest BCUT2D eigenvalue weighted by Gasteiger charge is 2.15. The molecule has 0 amide bonds. The smallest absolute Gasteiger partial charge is 0.191 e. The van der Waals surface area contributed by atoms with Crippen molar-refractivity contribution in [1.82, 2.24) is 0 Å². The van der Waals surface area contributed by atoms with Crippen LogP contribution in [-0.2, 0) is 4.79 Å². The standard InChI is InChI=1S/C7H14O2S/c1-7(2,3)10-6(9)4-5-8/h8H,4-5H2,1-3H3. The van der Waals surface area contributed by atoms with Gasteiger partial charge in [-0.2, -0.15) is 0 Å². The van der Waals surface area contributed by atoms with Crippen LogP contribution in [0.25, 0.3) is 0 Å². The van der Waals surface area contributed by atoms with Gasteiger partial charge in [-0.05, 0) is 0 Å². The van der Waals surface area contributed by atoms with Gasteiger partial charge in [0.1, 0.15) is 0 Å². The van der Waals surface area contributed by atoms with Gasteiger partial charge in [0.25, 0.3) is 0 Å². The van der Waals surface area contributed by atoms with Crippen LogP contribution in [0.15, 0.2) is 0 Å². The molecule has 0 aromatic carbocycles. The maximum absolute atomic E-state index is 10.9. The summed E-state index contributed by atoms with van der Waals surface area (Å²) in [6, 6.07) is 0. The summed E-state index contributed by atoms with van der Waals surface area (Å²) in [6.45, 7) is 5.90. The van der Waals surface area contributed by atoms with Gasteiger partial charge in [0.2, 0.25) is 0 Å². The van der Waals surface area contributed by atoms with E-state index in [1.54, 1.807) is 0 Å². The Kier molecular flexibility index (Phi) is 3.98. The number of thioether (sulfide) groups is 1. The maximum atomic E-state index is 10.9. The van der Waals surface area contributed by atoms with Crippen LogP contribution in [0.4, 0.5) is 0 Å². The van der Waals surface area contributed by atoms with Gasteiger partial charge in [-0.1, -0.05) is 32.5 Å². The number of carbonyl (C=O) groups excluding carboxylic acids is 1. The van der Waals surface area contributed by atoms with E-state index in [-0.39, 0.29) is 22.9 Å². The molecule has 0 heterocycles. The predicted octanol–water partition coefficient (Wildman–Crippen LogP) is 1.43. The lowest BCUT2D eigenvalue weighted by molar-refractivity contribution is -0.111. The van der Waals surface area contributed by atoms with E-state index in [1.807, 2.05) is 20.8 Å². The fourth-order valence-electron chi connectivity index (χ4n) is 0.484. The third kappa shape index (κ3) is 6.11. The number of aliphatic hydroxyl groups is 1. The molecule has 10 heavy (non-hydrogen) atoms. The first kappa shape index (κ1) is 9.98. The minimum Gasteiger partial charge on any atom is -0.396 e. The van der Waals surface area contributed by atoms with Gasteiger partial charge >= 0.3 is 0 Å². The van der Waals surface area contributed by atoms with Crippen molar-refractivity contribution >= 4 is 16.9 Å². The minimum atomic E-state index is -0.0398. The summed E-state index contributed by atoms with van der Waals surface area (Å²) in [6.07, 6.45) is 0.266. The number of aliphatic hydroxyl groups excluding tert-OH is 1. The van der Waals surface area contributed by atoms with Gasteiger partial charge in [0, 0.05) is 11.2 Å². The molecule has 0 aliphatic rings. The molecular formula is C7H14O2S. The van der Waals surface area contributed by atoms with E-state index in [4.69, 9.17) is 5.11 Å². The lowest BCUT2D eigenvalue weighted by Gasteiger charge is -2.15. The van der Waals surface area contributed by atoms with E-state index in [1.165, 1.54) is 11.8 Å². The lowest BCUT2D eigenvalue weighted by atomic mass is 10.3.